The van der Waals surface area contributed by atoms with Crippen molar-refractivity contribution in [1.29, 1.82) is 0 Å². The Hall–Kier alpha value is -1.59. The Labute approximate surface area is 123 Å². The van der Waals surface area contributed by atoms with Gasteiger partial charge in [-0.1, -0.05) is 11.6 Å². The van der Waals surface area contributed by atoms with Gasteiger partial charge in [0.25, 0.3) is 0 Å². The third-order valence-electron chi connectivity index (χ3n) is 2.50. The van der Waals surface area contributed by atoms with Gasteiger partial charge in [0.15, 0.2) is 0 Å². The first-order chi connectivity index (χ1) is 9.08. The number of carboxylic acids is 1. The molecule has 0 fully saturated rings. The standard InChI is InChI=1S/C13H10BrClN2O2/c14-10-4-3-8(6-11(10)15)17-7-12-9(13(18)19)2-1-5-16-12/h1-6,17H,7H2,(H,18,19). The van der Waals surface area contributed by atoms with E-state index in [1.54, 1.807) is 18.3 Å². The van der Waals surface area contributed by atoms with E-state index >= 15 is 0 Å². The molecule has 0 bridgehead atoms. The molecule has 0 radical (unpaired) electrons. The summed E-state index contributed by atoms with van der Waals surface area (Å²) >= 11 is 9.29. The lowest BCUT2D eigenvalue weighted by atomic mass is 10.2. The number of nitrogens with one attached hydrogen (secondary N) is 1. The van der Waals surface area contributed by atoms with Crippen molar-refractivity contribution in [2.45, 2.75) is 6.54 Å². The van der Waals surface area contributed by atoms with Gasteiger partial charge in [0, 0.05) is 16.4 Å². The van der Waals surface area contributed by atoms with E-state index in [4.69, 9.17) is 16.7 Å². The van der Waals surface area contributed by atoms with Crippen molar-refractivity contribution in [3.05, 3.63) is 57.3 Å². The third kappa shape index (κ3) is 3.45. The molecular weight excluding hydrogens is 332 g/mol. The monoisotopic (exact) mass is 340 g/mol. The molecule has 1 heterocycles. The van der Waals surface area contributed by atoms with Crippen LogP contribution in [0.15, 0.2) is 41.0 Å². The van der Waals surface area contributed by atoms with Gasteiger partial charge in [-0.3, -0.25) is 4.98 Å². The number of rotatable bonds is 4. The Morgan fingerprint density at radius 2 is 2.21 bits per heavy atom. The molecule has 2 N–H and O–H groups in total. The number of anilines is 1. The number of benzene rings is 1. The number of nitrogens with zero attached hydrogens (tertiary/aromatic N) is 1. The van der Waals surface area contributed by atoms with Crippen LogP contribution in [0.2, 0.25) is 5.02 Å². The van der Waals surface area contributed by atoms with Gasteiger partial charge >= 0.3 is 5.97 Å². The lowest BCUT2D eigenvalue weighted by Gasteiger charge is -2.09. The fraction of sp³-hybridized carbons (Fsp3) is 0.0769. The molecule has 0 amide bonds. The summed E-state index contributed by atoms with van der Waals surface area (Å²) in [5.41, 5.74) is 1.47. The zero-order valence-corrected chi connectivity index (χ0v) is 12.1. The van der Waals surface area contributed by atoms with Crippen molar-refractivity contribution >= 4 is 39.2 Å². The molecule has 0 aliphatic heterocycles. The van der Waals surface area contributed by atoms with Gasteiger partial charge in [0.2, 0.25) is 0 Å². The van der Waals surface area contributed by atoms with Crippen LogP contribution in [0.1, 0.15) is 16.1 Å². The maximum absolute atomic E-state index is 11.0. The first-order valence-corrected chi connectivity index (χ1v) is 6.61. The molecule has 0 spiro atoms. The van der Waals surface area contributed by atoms with Crippen LogP contribution in [-0.4, -0.2) is 16.1 Å². The fourth-order valence-electron chi connectivity index (χ4n) is 1.57. The summed E-state index contributed by atoms with van der Waals surface area (Å²) in [6.45, 7) is 0.320. The quantitative estimate of drug-likeness (QED) is 0.888. The molecule has 0 aliphatic carbocycles. The highest BCUT2D eigenvalue weighted by atomic mass is 79.9. The summed E-state index contributed by atoms with van der Waals surface area (Å²) in [6, 6.07) is 8.56. The van der Waals surface area contributed by atoms with Crippen molar-refractivity contribution in [2.75, 3.05) is 5.32 Å². The predicted octanol–water partition coefficient (Wildman–Crippen LogP) is 3.81. The molecular formula is C13H10BrClN2O2. The van der Waals surface area contributed by atoms with Crippen LogP contribution >= 0.6 is 27.5 Å². The topological polar surface area (TPSA) is 62.2 Å². The number of halogens is 2. The van der Waals surface area contributed by atoms with E-state index in [1.165, 1.54) is 6.07 Å². The number of aromatic carboxylic acids is 1. The van der Waals surface area contributed by atoms with Crippen LogP contribution in [0.25, 0.3) is 0 Å². The molecule has 2 rings (SSSR count). The van der Waals surface area contributed by atoms with E-state index < -0.39 is 5.97 Å². The Kier molecular flexibility index (Phi) is 4.39. The van der Waals surface area contributed by atoms with E-state index in [1.807, 2.05) is 12.1 Å². The molecule has 0 saturated carbocycles. The highest BCUT2D eigenvalue weighted by molar-refractivity contribution is 9.10. The second-order valence-corrected chi connectivity index (χ2v) is 5.05. The van der Waals surface area contributed by atoms with Gasteiger partial charge in [-0.05, 0) is 46.3 Å². The van der Waals surface area contributed by atoms with Crippen LogP contribution in [0.3, 0.4) is 0 Å². The third-order valence-corrected chi connectivity index (χ3v) is 3.73. The number of aromatic nitrogens is 1. The molecule has 1 aromatic carbocycles. The number of pyridine rings is 1. The number of carboxylic acid groups (broad SMARTS) is 1. The smallest absolute Gasteiger partial charge is 0.337 e. The van der Waals surface area contributed by atoms with Gasteiger partial charge < -0.3 is 10.4 Å². The Morgan fingerprint density at radius 1 is 1.42 bits per heavy atom. The molecule has 0 saturated heterocycles. The molecule has 4 nitrogen and oxygen atoms in total. The highest BCUT2D eigenvalue weighted by Gasteiger charge is 2.10. The largest absolute Gasteiger partial charge is 0.478 e. The van der Waals surface area contributed by atoms with Gasteiger partial charge in [-0.25, -0.2) is 4.79 Å². The second kappa shape index (κ2) is 6.04. The van der Waals surface area contributed by atoms with Crippen molar-refractivity contribution in [2.24, 2.45) is 0 Å². The molecule has 0 aliphatic rings. The van der Waals surface area contributed by atoms with Crippen LogP contribution in [0.5, 0.6) is 0 Å². The minimum Gasteiger partial charge on any atom is -0.478 e. The van der Waals surface area contributed by atoms with E-state index in [0.29, 0.717) is 17.3 Å². The summed E-state index contributed by atoms with van der Waals surface area (Å²) in [5, 5.41) is 12.7. The van der Waals surface area contributed by atoms with Gasteiger partial charge in [0.05, 0.1) is 22.8 Å². The maximum atomic E-state index is 11.0. The van der Waals surface area contributed by atoms with Crippen molar-refractivity contribution < 1.29 is 9.90 Å². The number of hydrogen-bond donors (Lipinski definition) is 2. The van der Waals surface area contributed by atoms with E-state index in [2.05, 4.69) is 26.2 Å². The van der Waals surface area contributed by atoms with Gasteiger partial charge in [0.1, 0.15) is 0 Å². The van der Waals surface area contributed by atoms with Crippen LogP contribution < -0.4 is 5.32 Å². The lowest BCUT2D eigenvalue weighted by Crippen LogP contribution is -2.09. The van der Waals surface area contributed by atoms with Crippen molar-refractivity contribution in [3.8, 4) is 0 Å². The molecule has 0 unspecified atom stereocenters. The minimum absolute atomic E-state index is 0.193. The summed E-state index contributed by atoms with van der Waals surface area (Å²) in [6.07, 6.45) is 1.57. The molecule has 1 aromatic heterocycles. The number of hydrogen-bond acceptors (Lipinski definition) is 3. The molecule has 0 atom stereocenters. The molecule has 98 valence electrons. The Balaban J connectivity index is 2.14. The molecule has 6 heteroatoms. The summed E-state index contributed by atoms with van der Waals surface area (Å²) in [4.78, 5) is 15.1. The van der Waals surface area contributed by atoms with E-state index in [9.17, 15) is 4.79 Å². The summed E-state index contributed by atoms with van der Waals surface area (Å²) in [7, 11) is 0. The highest BCUT2D eigenvalue weighted by Crippen LogP contribution is 2.25. The van der Waals surface area contributed by atoms with E-state index in [0.717, 1.165) is 10.2 Å². The van der Waals surface area contributed by atoms with Gasteiger partial charge in [-0.15, -0.1) is 0 Å². The fourth-order valence-corrected chi connectivity index (χ4v) is 1.99. The SMILES string of the molecule is O=C(O)c1cccnc1CNc1ccc(Br)c(Cl)c1. The van der Waals surface area contributed by atoms with Gasteiger partial charge in [-0.2, -0.15) is 0 Å². The summed E-state index contributed by atoms with van der Waals surface area (Å²) < 4.78 is 0.809. The second-order valence-electron chi connectivity index (χ2n) is 3.79. The molecule has 2 aromatic rings. The lowest BCUT2D eigenvalue weighted by molar-refractivity contribution is 0.0695. The van der Waals surface area contributed by atoms with Crippen molar-refractivity contribution in [1.82, 2.24) is 4.98 Å². The maximum Gasteiger partial charge on any atom is 0.337 e. The Bertz CT molecular complexity index is 619. The normalized spacial score (nSPS) is 10.2. The first kappa shape index (κ1) is 13.8. The zero-order valence-electron chi connectivity index (χ0n) is 9.73. The minimum atomic E-state index is -0.987. The zero-order chi connectivity index (χ0) is 13.8. The van der Waals surface area contributed by atoms with Crippen LogP contribution in [0.4, 0.5) is 5.69 Å². The van der Waals surface area contributed by atoms with Crippen LogP contribution in [-0.2, 0) is 6.54 Å². The average molecular weight is 342 g/mol. The van der Waals surface area contributed by atoms with Crippen molar-refractivity contribution in [3.63, 3.8) is 0 Å². The summed E-state index contributed by atoms with van der Waals surface area (Å²) in [5.74, 6) is -0.987. The number of carbonyl (C=O) groups is 1. The Morgan fingerprint density at radius 3 is 2.89 bits per heavy atom. The first-order valence-electron chi connectivity index (χ1n) is 5.44. The van der Waals surface area contributed by atoms with Crippen LogP contribution in [0, 0.1) is 0 Å². The van der Waals surface area contributed by atoms with E-state index in [-0.39, 0.29) is 5.56 Å². The predicted molar refractivity (Wildman–Crippen MR) is 77.7 cm³/mol. The molecule has 19 heavy (non-hydrogen) atoms. The average Bonchev–Trinajstić information content (AvgIpc) is 2.40.